The van der Waals surface area contributed by atoms with Gasteiger partial charge in [0.25, 0.3) is 0 Å². The van der Waals surface area contributed by atoms with E-state index in [9.17, 15) is 9.59 Å². The number of nitrogens with one attached hydrogen (secondary N) is 2. The van der Waals surface area contributed by atoms with Crippen LogP contribution >= 0.6 is 0 Å². The van der Waals surface area contributed by atoms with E-state index in [1.807, 2.05) is 13.8 Å². The number of ether oxygens (including phenoxy) is 1. The van der Waals surface area contributed by atoms with Crippen molar-refractivity contribution in [3.8, 4) is 0 Å². The lowest BCUT2D eigenvalue weighted by Crippen LogP contribution is -2.21. The quantitative estimate of drug-likeness (QED) is 0.495. The molecule has 6 heteroatoms. The number of hydrogen-bond acceptors (Lipinski definition) is 4. The molecule has 1 aromatic heterocycles. The molecule has 2 N–H and O–H groups in total. The van der Waals surface area contributed by atoms with E-state index in [1.165, 1.54) is 0 Å². The number of rotatable bonds is 5. The van der Waals surface area contributed by atoms with Gasteiger partial charge in [-0.2, -0.15) is 5.10 Å². The first kappa shape index (κ1) is 15.3. The lowest BCUT2D eigenvalue weighted by molar-refractivity contribution is -0.122. The lowest BCUT2D eigenvalue weighted by atomic mass is 10.1. The molecule has 0 aliphatic heterocycles. The third-order valence-electron chi connectivity index (χ3n) is 3.56. The molecule has 0 bridgehead atoms. The Morgan fingerprint density at radius 3 is 2.62 bits per heavy atom. The number of H-pyrrole nitrogens is 1. The molecule has 0 saturated heterocycles. The Balaban J connectivity index is 2.19. The molecule has 0 atom stereocenters. The predicted octanol–water partition coefficient (Wildman–Crippen LogP) is 2.06. The molecule has 1 aliphatic rings. The zero-order valence-electron chi connectivity index (χ0n) is 12.9. The summed E-state index contributed by atoms with van der Waals surface area (Å²) in [5.41, 5.74) is 6.01. The van der Waals surface area contributed by atoms with Gasteiger partial charge < -0.3 is 9.72 Å². The van der Waals surface area contributed by atoms with E-state index in [-0.39, 0.29) is 17.8 Å². The fourth-order valence-electron chi connectivity index (χ4n) is 2.25. The minimum atomic E-state index is -0.343. The van der Waals surface area contributed by atoms with Crippen LogP contribution in [0.1, 0.15) is 54.0 Å². The third-order valence-corrected chi connectivity index (χ3v) is 3.56. The molecule has 1 aliphatic carbocycles. The smallest absolute Gasteiger partial charge is 0.340 e. The number of esters is 1. The fourth-order valence-corrected chi connectivity index (χ4v) is 2.25. The van der Waals surface area contributed by atoms with Crippen LogP contribution in [0.3, 0.4) is 0 Å². The number of carbonyl (C=O) groups excluding carboxylic acids is 2. The van der Waals surface area contributed by atoms with Gasteiger partial charge in [-0.25, -0.2) is 10.2 Å². The van der Waals surface area contributed by atoms with Crippen molar-refractivity contribution in [2.24, 2.45) is 11.0 Å². The first-order valence-corrected chi connectivity index (χ1v) is 7.16. The standard InChI is InChI=1S/C15H21N3O3/c1-5-21-15(20)12-8(2)13(16-9(12)3)10(4)17-18-14(19)11-6-7-11/h11,16H,5-7H2,1-4H3,(H,18,19)/b17-10+. The summed E-state index contributed by atoms with van der Waals surface area (Å²) in [6, 6.07) is 0. The second kappa shape index (κ2) is 6.11. The van der Waals surface area contributed by atoms with Crippen LogP contribution in [-0.4, -0.2) is 29.2 Å². The van der Waals surface area contributed by atoms with Crippen molar-refractivity contribution in [1.82, 2.24) is 10.4 Å². The van der Waals surface area contributed by atoms with Gasteiger partial charge in [0.1, 0.15) is 0 Å². The van der Waals surface area contributed by atoms with Crippen molar-refractivity contribution in [3.63, 3.8) is 0 Å². The highest BCUT2D eigenvalue weighted by Gasteiger charge is 2.29. The van der Waals surface area contributed by atoms with E-state index in [4.69, 9.17) is 4.74 Å². The monoisotopic (exact) mass is 291 g/mol. The molecule has 1 heterocycles. The van der Waals surface area contributed by atoms with Crippen LogP contribution in [0.25, 0.3) is 0 Å². The summed E-state index contributed by atoms with van der Waals surface area (Å²) < 4.78 is 5.05. The Morgan fingerprint density at radius 1 is 1.38 bits per heavy atom. The lowest BCUT2D eigenvalue weighted by Gasteiger charge is -2.03. The van der Waals surface area contributed by atoms with Crippen LogP contribution < -0.4 is 5.43 Å². The molecule has 2 rings (SSSR count). The Kier molecular flexibility index (Phi) is 4.45. The number of amides is 1. The second-order valence-electron chi connectivity index (χ2n) is 5.29. The number of hydrazone groups is 1. The van der Waals surface area contributed by atoms with Crippen molar-refractivity contribution < 1.29 is 14.3 Å². The zero-order valence-corrected chi connectivity index (χ0v) is 12.9. The summed E-state index contributed by atoms with van der Waals surface area (Å²) in [5.74, 6) is -0.270. The van der Waals surface area contributed by atoms with Gasteiger partial charge in [0.05, 0.1) is 23.6 Å². The molecule has 21 heavy (non-hydrogen) atoms. The zero-order chi connectivity index (χ0) is 15.6. The maximum Gasteiger partial charge on any atom is 0.340 e. The summed E-state index contributed by atoms with van der Waals surface area (Å²) in [6.07, 6.45) is 1.88. The maximum absolute atomic E-state index is 11.9. The van der Waals surface area contributed by atoms with E-state index in [1.54, 1.807) is 13.8 Å². The van der Waals surface area contributed by atoms with Crippen molar-refractivity contribution >= 4 is 17.6 Å². The molecule has 1 amide bonds. The molecule has 0 unspecified atom stereocenters. The molecule has 114 valence electrons. The highest BCUT2D eigenvalue weighted by atomic mass is 16.5. The van der Waals surface area contributed by atoms with Crippen LogP contribution in [0.15, 0.2) is 5.10 Å². The van der Waals surface area contributed by atoms with Gasteiger partial charge in [0.15, 0.2) is 0 Å². The molecular weight excluding hydrogens is 270 g/mol. The van der Waals surface area contributed by atoms with Gasteiger partial charge >= 0.3 is 5.97 Å². The average Bonchev–Trinajstić information content (AvgIpc) is 3.22. The number of nitrogens with zero attached hydrogens (tertiary/aromatic N) is 1. The highest BCUT2D eigenvalue weighted by Crippen LogP contribution is 2.28. The van der Waals surface area contributed by atoms with Crippen molar-refractivity contribution in [3.05, 3.63) is 22.5 Å². The van der Waals surface area contributed by atoms with Crippen LogP contribution in [-0.2, 0) is 9.53 Å². The van der Waals surface area contributed by atoms with Crippen molar-refractivity contribution in [1.29, 1.82) is 0 Å². The number of hydrogen-bond donors (Lipinski definition) is 2. The van der Waals surface area contributed by atoms with Gasteiger partial charge in [-0.1, -0.05) is 0 Å². The van der Waals surface area contributed by atoms with E-state index in [0.717, 1.165) is 29.8 Å². The summed E-state index contributed by atoms with van der Waals surface area (Å²) in [5, 5.41) is 4.11. The molecular formula is C15H21N3O3. The first-order valence-electron chi connectivity index (χ1n) is 7.16. The van der Waals surface area contributed by atoms with E-state index in [2.05, 4.69) is 15.5 Å². The fraction of sp³-hybridized carbons (Fsp3) is 0.533. The first-order chi connectivity index (χ1) is 9.95. The van der Waals surface area contributed by atoms with Crippen LogP contribution in [0.5, 0.6) is 0 Å². The largest absolute Gasteiger partial charge is 0.462 e. The van der Waals surface area contributed by atoms with Gasteiger partial charge in [-0.15, -0.1) is 0 Å². The average molecular weight is 291 g/mol. The molecule has 0 aromatic carbocycles. The number of aromatic amines is 1. The van der Waals surface area contributed by atoms with Gasteiger partial charge in [-0.05, 0) is 46.1 Å². The van der Waals surface area contributed by atoms with E-state index in [0.29, 0.717) is 17.9 Å². The molecule has 0 spiro atoms. The predicted molar refractivity (Wildman–Crippen MR) is 79.3 cm³/mol. The second-order valence-corrected chi connectivity index (χ2v) is 5.29. The molecule has 1 fully saturated rings. The van der Waals surface area contributed by atoms with Gasteiger partial charge in [0, 0.05) is 11.6 Å². The molecule has 1 aromatic rings. The third kappa shape index (κ3) is 3.32. The topological polar surface area (TPSA) is 83.6 Å². The Bertz CT molecular complexity index is 598. The Labute approximate surface area is 124 Å². The summed E-state index contributed by atoms with van der Waals surface area (Å²) >= 11 is 0. The SMILES string of the molecule is CCOC(=O)c1c(C)[nH]c(/C(C)=N/NC(=O)C2CC2)c1C. The number of aryl methyl sites for hydroxylation is 1. The van der Waals surface area contributed by atoms with Crippen molar-refractivity contribution in [2.75, 3.05) is 6.61 Å². The van der Waals surface area contributed by atoms with E-state index < -0.39 is 0 Å². The minimum absolute atomic E-state index is 0.0408. The highest BCUT2D eigenvalue weighted by molar-refractivity contribution is 6.03. The number of aromatic nitrogens is 1. The van der Waals surface area contributed by atoms with Crippen LogP contribution in [0.4, 0.5) is 0 Å². The van der Waals surface area contributed by atoms with Crippen molar-refractivity contribution in [2.45, 2.75) is 40.5 Å². The Morgan fingerprint density at radius 2 is 2.05 bits per heavy atom. The Hall–Kier alpha value is -2.11. The van der Waals surface area contributed by atoms with E-state index >= 15 is 0 Å². The molecule has 1 saturated carbocycles. The maximum atomic E-state index is 11.9. The molecule has 0 radical (unpaired) electrons. The normalized spacial score (nSPS) is 15.0. The summed E-state index contributed by atoms with van der Waals surface area (Å²) in [7, 11) is 0. The summed E-state index contributed by atoms with van der Waals surface area (Å²) in [6.45, 7) is 7.56. The molecule has 6 nitrogen and oxygen atoms in total. The number of carbonyl (C=O) groups is 2. The van der Waals surface area contributed by atoms with Gasteiger partial charge in [-0.3, -0.25) is 4.79 Å². The van der Waals surface area contributed by atoms with Crippen LogP contribution in [0.2, 0.25) is 0 Å². The minimum Gasteiger partial charge on any atom is -0.462 e. The van der Waals surface area contributed by atoms with Gasteiger partial charge in [0.2, 0.25) is 5.91 Å². The van der Waals surface area contributed by atoms with Crippen LogP contribution in [0, 0.1) is 19.8 Å². The summed E-state index contributed by atoms with van der Waals surface area (Å²) in [4.78, 5) is 26.7.